The van der Waals surface area contributed by atoms with Crippen molar-refractivity contribution in [2.75, 3.05) is 0 Å². The van der Waals surface area contributed by atoms with Crippen LogP contribution in [0.2, 0.25) is 0 Å². The molecule has 5 heteroatoms. The van der Waals surface area contributed by atoms with Gasteiger partial charge in [0, 0.05) is 6.08 Å². The second kappa shape index (κ2) is 4.33. The van der Waals surface area contributed by atoms with Crippen LogP contribution in [0.3, 0.4) is 0 Å². The van der Waals surface area contributed by atoms with E-state index in [1.807, 2.05) is 0 Å². The van der Waals surface area contributed by atoms with Crippen molar-refractivity contribution < 1.29 is 18.7 Å². The summed E-state index contributed by atoms with van der Waals surface area (Å²) in [6, 6.07) is 3.15. The molecule has 76 valence electrons. The van der Waals surface area contributed by atoms with Crippen LogP contribution in [0.25, 0.3) is 6.08 Å². The number of carboxylic acids is 1. The summed E-state index contributed by atoms with van der Waals surface area (Å²) in [5, 5.41) is 16.7. The molecule has 3 nitrogen and oxygen atoms in total. The molecule has 1 N–H and O–H groups in total. The van der Waals surface area contributed by atoms with Crippen molar-refractivity contribution in [3.05, 3.63) is 41.0 Å². The maximum absolute atomic E-state index is 13.0. The largest absolute Gasteiger partial charge is 0.478 e. The van der Waals surface area contributed by atoms with E-state index in [0.717, 1.165) is 24.3 Å². The van der Waals surface area contributed by atoms with Gasteiger partial charge in [-0.2, -0.15) is 5.26 Å². The molecule has 1 rings (SSSR count). The standard InChI is InChI=1S/C10H5F2NO2/c11-8-3-6(1-2-10(14)15)4-9(12)7(8)5-13/h1-4H,(H,14,15)/b2-1+. The summed E-state index contributed by atoms with van der Waals surface area (Å²) in [5.74, 6) is -3.25. The van der Waals surface area contributed by atoms with Crippen molar-refractivity contribution in [1.29, 1.82) is 5.26 Å². The maximum Gasteiger partial charge on any atom is 0.328 e. The molecular weight excluding hydrogens is 204 g/mol. The van der Waals surface area contributed by atoms with E-state index in [1.165, 1.54) is 6.07 Å². The average molecular weight is 209 g/mol. The van der Waals surface area contributed by atoms with E-state index >= 15 is 0 Å². The van der Waals surface area contributed by atoms with E-state index in [2.05, 4.69) is 0 Å². The number of nitriles is 1. The van der Waals surface area contributed by atoms with Crippen LogP contribution in [0.5, 0.6) is 0 Å². The van der Waals surface area contributed by atoms with E-state index in [0.29, 0.717) is 0 Å². The fourth-order valence-corrected chi connectivity index (χ4v) is 0.963. The zero-order chi connectivity index (χ0) is 11.4. The van der Waals surface area contributed by atoms with Crippen molar-refractivity contribution in [3.8, 4) is 6.07 Å². The molecule has 15 heavy (non-hydrogen) atoms. The van der Waals surface area contributed by atoms with E-state index < -0.39 is 23.2 Å². The third-order valence-electron chi connectivity index (χ3n) is 1.59. The highest BCUT2D eigenvalue weighted by atomic mass is 19.1. The first-order valence-corrected chi connectivity index (χ1v) is 3.84. The van der Waals surface area contributed by atoms with Gasteiger partial charge in [0.1, 0.15) is 23.3 Å². The monoisotopic (exact) mass is 209 g/mol. The van der Waals surface area contributed by atoms with Gasteiger partial charge >= 0.3 is 5.97 Å². The van der Waals surface area contributed by atoms with Gasteiger partial charge in [-0.1, -0.05) is 0 Å². The summed E-state index contributed by atoms with van der Waals surface area (Å²) in [4.78, 5) is 10.1. The smallest absolute Gasteiger partial charge is 0.328 e. The molecule has 0 bridgehead atoms. The van der Waals surface area contributed by atoms with Crippen LogP contribution in [0, 0.1) is 23.0 Å². The molecule has 0 aliphatic rings. The highest BCUT2D eigenvalue weighted by molar-refractivity contribution is 5.85. The topological polar surface area (TPSA) is 61.1 Å². The van der Waals surface area contributed by atoms with Crippen LogP contribution < -0.4 is 0 Å². The minimum absolute atomic E-state index is 0.0476. The minimum atomic E-state index is -1.22. The number of nitrogens with zero attached hydrogens (tertiary/aromatic N) is 1. The minimum Gasteiger partial charge on any atom is -0.478 e. The molecule has 1 aromatic rings. The lowest BCUT2D eigenvalue weighted by atomic mass is 10.1. The second-order valence-electron chi connectivity index (χ2n) is 2.64. The van der Waals surface area contributed by atoms with E-state index in [9.17, 15) is 13.6 Å². The molecule has 0 atom stereocenters. The first-order valence-electron chi connectivity index (χ1n) is 3.84. The van der Waals surface area contributed by atoms with Crippen LogP contribution in [0.4, 0.5) is 8.78 Å². The molecule has 0 spiro atoms. The summed E-state index contributed by atoms with van der Waals surface area (Å²) in [6.07, 6.45) is 1.79. The van der Waals surface area contributed by atoms with Crippen molar-refractivity contribution in [3.63, 3.8) is 0 Å². The summed E-state index contributed by atoms with van der Waals surface area (Å²) >= 11 is 0. The van der Waals surface area contributed by atoms with Gasteiger partial charge in [0.2, 0.25) is 0 Å². The SMILES string of the molecule is N#Cc1c(F)cc(/C=C/C(=O)O)cc1F. The Morgan fingerprint density at radius 2 is 1.93 bits per heavy atom. The predicted octanol–water partition coefficient (Wildman–Crippen LogP) is 1.93. The van der Waals surface area contributed by atoms with Crippen molar-refractivity contribution >= 4 is 12.0 Å². The number of carbonyl (C=O) groups is 1. The molecule has 0 heterocycles. The second-order valence-corrected chi connectivity index (χ2v) is 2.64. The Bertz CT molecular complexity index is 452. The van der Waals surface area contributed by atoms with Gasteiger partial charge in [0.15, 0.2) is 0 Å². The molecule has 0 aromatic heterocycles. The molecule has 0 saturated heterocycles. The Kier molecular flexibility index (Phi) is 3.13. The van der Waals surface area contributed by atoms with E-state index in [4.69, 9.17) is 10.4 Å². The Hall–Kier alpha value is -2.22. The Balaban J connectivity index is 3.16. The summed E-state index contributed by atoms with van der Waals surface area (Å²) < 4.78 is 26.0. The molecule has 0 fully saturated rings. The van der Waals surface area contributed by atoms with Crippen molar-refractivity contribution in [2.45, 2.75) is 0 Å². The maximum atomic E-state index is 13.0. The summed E-state index contributed by atoms with van der Waals surface area (Å²) in [6.45, 7) is 0. The Morgan fingerprint density at radius 1 is 1.40 bits per heavy atom. The molecule has 0 amide bonds. The van der Waals surface area contributed by atoms with Crippen LogP contribution >= 0.6 is 0 Å². The zero-order valence-electron chi connectivity index (χ0n) is 7.37. The molecule has 0 saturated carbocycles. The number of hydrogen-bond acceptors (Lipinski definition) is 2. The first kappa shape index (κ1) is 10.9. The lowest BCUT2D eigenvalue weighted by molar-refractivity contribution is -0.131. The first-order chi connectivity index (χ1) is 7.04. The van der Waals surface area contributed by atoms with E-state index in [-0.39, 0.29) is 5.56 Å². The third kappa shape index (κ3) is 2.61. The number of hydrogen-bond donors (Lipinski definition) is 1. The van der Waals surface area contributed by atoms with Gasteiger partial charge in [0.05, 0.1) is 0 Å². The fourth-order valence-electron chi connectivity index (χ4n) is 0.963. The van der Waals surface area contributed by atoms with Crippen LogP contribution in [0.1, 0.15) is 11.1 Å². The fraction of sp³-hybridized carbons (Fsp3) is 0. The van der Waals surface area contributed by atoms with Crippen molar-refractivity contribution in [1.82, 2.24) is 0 Å². The Labute approximate surface area is 83.9 Å². The van der Waals surface area contributed by atoms with Crippen LogP contribution in [-0.2, 0) is 4.79 Å². The molecule has 0 aliphatic heterocycles. The van der Waals surface area contributed by atoms with Gasteiger partial charge in [-0.25, -0.2) is 13.6 Å². The van der Waals surface area contributed by atoms with E-state index in [1.54, 1.807) is 0 Å². The number of rotatable bonds is 2. The molecule has 0 aliphatic carbocycles. The zero-order valence-corrected chi connectivity index (χ0v) is 7.37. The van der Waals surface area contributed by atoms with Gasteiger partial charge in [-0.15, -0.1) is 0 Å². The van der Waals surface area contributed by atoms with Gasteiger partial charge in [-0.3, -0.25) is 0 Å². The predicted molar refractivity (Wildman–Crippen MR) is 47.7 cm³/mol. The molecule has 1 aromatic carbocycles. The Morgan fingerprint density at radius 3 is 2.33 bits per heavy atom. The molecular formula is C10H5F2NO2. The number of halogens is 2. The van der Waals surface area contributed by atoms with Crippen molar-refractivity contribution in [2.24, 2.45) is 0 Å². The lowest BCUT2D eigenvalue weighted by Gasteiger charge is -1.98. The normalized spacial score (nSPS) is 10.2. The molecule has 0 unspecified atom stereocenters. The highest BCUT2D eigenvalue weighted by Gasteiger charge is 2.09. The lowest BCUT2D eigenvalue weighted by Crippen LogP contribution is -1.92. The van der Waals surface area contributed by atoms with Gasteiger partial charge in [-0.05, 0) is 23.8 Å². The van der Waals surface area contributed by atoms with Gasteiger partial charge in [0.25, 0.3) is 0 Å². The quantitative estimate of drug-likeness (QED) is 0.757. The highest BCUT2D eigenvalue weighted by Crippen LogP contribution is 2.15. The summed E-state index contributed by atoms with van der Waals surface area (Å²) in [7, 11) is 0. The average Bonchev–Trinajstić information content (AvgIpc) is 2.14. The number of carboxylic acid groups (broad SMARTS) is 1. The van der Waals surface area contributed by atoms with Gasteiger partial charge < -0.3 is 5.11 Å². The summed E-state index contributed by atoms with van der Waals surface area (Å²) in [5.41, 5.74) is -0.631. The third-order valence-corrected chi connectivity index (χ3v) is 1.59. The number of aliphatic carboxylic acids is 1. The van der Waals surface area contributed by atoms with Crippen LogP contribution in [-0.4, -0.2) is 11.1 Å². The molecule has 0 radical (unpaired) electrons. The number of benzene rings is 1. The van der Waals surface area contributed by atoms with Crippen LogP contribution in [0.15, 0.2) is 18.2 Å².